The highest BCUT2D eigenvalue weighted by Gasteiger charge is 2.29. The second kappa shape index (κ2) is 7.43. The monoisotopic (exact) mass is 394 g/mol. The second-order valence-corrected chi connectivity index (χ2v) is 8.97. The molecule has 1 saturated heterocycles. The zero-order valence-electron chi connectivity index (χ0n) is 16.9. The molecule has 5 rings (SSSR count). The third kappa shape index (κ3) is 4.77. The normalized spacial score (nSPS) is 21.4. The lowest BCUT2D eigenvalue weighted by Gasteiger charge is -2.34. The van der Waals surface area contributed by atoms with Gasteiger partial charge in [-0.05, 0) is 31.7 Å². The molecule has 1 aliphatic heterocycles. The Labute approximate surface area is 170 Å². The van der Waals surface area contributed by atoms with Crippen molar-refractivity contribution in [1.82, 2.24) is 20.0 Å². The Kier molecular flexibility index (Phi) is 4.76. The lowest BCUT2D eigenvalue weighted by atomic mass is 9.96. The third-order valence-electron chi connectivity index (χ3n) is 5.11. The number of pyridine rings is 1. The van der Waals surface area contributed by atoms with Gasteiger partial charge in [0.25, 0.3) is 0 Å². The predicted octanol–water partition coefficient (Wildman–Crippen LogP) is 3.04. The Morgan fingerprint density at radius 1 is 1.21 bits per heavy atom. The van der Waals surface area contributed by atoms with Crippen LogP contribution in [-0.4, -0.2) is 45.6 Å². The van der Waals surface area contributed by atoms with Crippen LogP contribution in [0.25, 0.3) is 11.4 Å². The zero-order valence-corrected chi connectivity index (χ0v) is 16.9. The van der Waals surface area contributed by atoms with Crippen molar-refractivity contribution in [2.24, 2.45) is 11.3 Å². The summed E-state index contributed by atoms with van der Waals surface area (Å²) >= 11 is 0. The molecule has 2 aliphatic carbocycles. The number of hydrogen-bond acceptors (Lipinski definition) is 6. The summed E-state index contributed by atoms with van der Waals surface area (Å²) < 4.78 is 19.4. The first-order chi connectivity index (χ1) is 14.0. The second-order valence-electron chi connectivity index (χ2n) is 8.97. The first-order valence-electron chi connectivity index (χ1n) is 10.4. The van der Waals surface area contributed by atoms with Crippen molar-refractivity contribution in [2.45, 2.75) is 58.5 Å². The fourth-order valence-corrected chi connectivity index (χ4v) is 3.05. The highest BCUT2D eigenvalue weighted by molar-refractivity contribution is 5.63. The molecule has 152 valence electrons. The van der Waals surface area contributed by atoms with Crippen LogP contribution in [0.15, 0.2) is 18.5 Å². The van der Waals surface area contributed by atoms with E-state index < -0.39 is 0 Å². The van der Waals surface area contributed by atoms with Crippen LogP contribution in [0.2, 0.25) is 0 Å². The maximum Gasteiger partial charge on any atom is 0.177 e. The van der Waals surface area contributed by atoms with E-state index in [0.29, 0.717) is 37.1 Å². The van der Waals surface area contributed by atoms with Gasteiger partial charge in [0.05, 0.1) is 32.1 Å². The highest BCUT2D eigenvalue weighted by atomic mass is 16.7. The molecule has 0 atom stereocenters. The van der Waals surface area contributed by atoms with Crippen LogP contribution in [0.3, 0.4) is 0 Å². The molecule has 2 aromatic heterocycles. The van der Waals surface area contributed by atoms with Crippen LogP contribution in [-0.2, 0) is 16.0 Å². The smallest absolute Gasteiger partial charge is 0.177 e. The molecule has 2 saturated carbocycles. The SMILES string of the molecule is CC1(C)COC(Cn2cc(-c3ncc(C#CC4CC4)cc3OC3CC3)nn2)OC1. The largest absolute Gasteiger partial charge is 0.488 e. The summed E-state index contributed by atoms with van der Waals surface area (Å²) in [6, 6.07) is 1.98. The van der Waals surface area contributed by atoms with E-state index in [2.05, 4.69) is 41.0 Å². The molecule has 0 unspecified atom stereocenters. The van der Waals surface area contributed by atoms with Crippen LogP contribution in [0, 0.1) is 23.2 Å². The molecule has 0 N–H and O–H groups in total. The van der Waals surface area contributed by atoms with E-state index in [4.69, 9.17) is 14.2 Å². The van der Waals surface area contributed by atoms with Crippen molar-refractivity contribution in [1.29, 1.82) is 0 Å². The van der Waals surface area contributed by atoms with E-state index in [-0.39, 0.29) is 17.8 Å². The molecule has 7 heteroatoms. The lowest BCUT2D eigenvalue weighted by Crippen LogP contribution is -2.39. The van der Waals surface area contributed by atoms with Gasteiger partial charge in [0.15, 0.2) is 6.29 Å². The average Bonchev–Trinajstić information content (AvgIpc) is 3.63. The standard InChI is InChI=1S/C22H26N4O3/c1-22(2)13-27-20(28-14-22)12-26-11-18(24-25-26)21-19(29-17-7-8-17)9-16(10-23-21)6-5-15-3-4-15/h9-11,15,17,20H,3-4,7-8,12-14H2,1-2H3. The minimum Gasteiger partial charge on any atom is -0.488 e. The Bertz CT molecular complexity index is 940. The van der Waals surface area contributed by atoms with Gasteiger partial charge in [-0.2, -0.15) is 0 Å². The van der Waals surface area contributed by atoms with E-state index in [9.17, 15) is 0 Å². The average molecular weight is 394 g/mol. The van der Waals surface area contributed by atoms with E-state index in [1.807, 2.05) is 12.3 Å². The summed E-state index contributed by atoms with van der Waals surface area (Å²) in [5, 5.41) is 8.54. The summed E-state index contributed by atoms with van der Waals surface area (Å²) in [5.41, 5.74) is 2.31. The number of nitrogens with zero attached hydrogens (tertiary/aromatic N) is 4. The van der Waals surface area contributed by atoms with Gasteiger partial charge in [0, 0.05) is 23.1 Å². The molecule has 2 aromatic rings. The Morgan fingerprint density at radius 3 is 2.72 bits per heavy atom. The van der Waals surface area contributed by atoms with Crippen molar-refractivity contribution >= 4 is 0 Å². The Balaban J connectivity index is 1.32. The van der Waals surface area contributed by atoms with Gasteiger partial charge < -0.3 is 14.2 Å². The minimum absolute atomic E-state index is 0.0488. The highest BCUT2D eigenvalue weighted by Crippen LogP contribution is 2.34. The number of rotatable bonds is 5. The fraction of sp³-hybridized carbons (Fsp3) is 0.591. The summed E-state index contributed by atoms with van der Waals surface area (Å²) in [5.74, 6) is 7.78. The van der Waals surface area contributed by atoms with Gasteiger partial charge in [-0.1, -0.05) is 30.9 Å². The topological polar surface area (TPSA) is 71.3 Å². The van der Waals surface area contributed by atoms with Crippen LogP contribution >= 0.6 is 0 Å². The molecule has 0 amide bonds. The predicted molar refractivity (Wildman–Crippen MR) is 106 cm³/mol. The summed E-state index contributed by atoms with van der Waals surface area (Å²) in [4.78, 5) is 4.60. The summed E-state index contributed by atoms with van der Waals surface area (Å²) in [7, 11) is 0. The molecule has 0 radical (unpaired) electrons. The Morgan fingerprint density at radius 2 is 2.00 bits per heavy atom. The molecule has 3 heterocycles. The number of aromatic nitrogens is 4. The molecule has 0 aromatic carbocycles. The van der Waals surface area contributed by atoms with E-state index in [1.165, 1.54) is 12.8 Å². The fourth-order valence-electron chi connectivity index (χ4n) is 3.05. The molecular formula is C22H26N4O3. The van der Waals surface area contributed by atoms with Gasteiger partial charge in [0.1, 0.15) is 17.1 Å². The van der Waals surface area contributed by atoms with Gasteiger partial charge in [-0.3, -0.25) is 0 Å². The van der Waals surface area contributed by atoms with Crippen molar-refractivity contribution in [3.8, 4) is 29.0 Å². The van der Waals surface area contributed by atoms with E-state index in [0.717, 1.165) is 24.2 Å². The minimum atomic E-state index is -0.312. The van der Waals surface area contributed by atoms with Crippen molar-refractivity contribution in [3.63, 3.8) is 0 Å². The van der Waals surface area contributed by atoms with Crippen molar-refractivity contribution in [3.05, 3.63) is 24.0 Å². The first-order valence-corrected chi connectivity index (χ1v) is 10.4. The van der Waals surface area contributed by atoms with Crippen LogP contribution < -0.4 is 4.74 Å². The molecular weight excluding hydrogens is 368 g/mol. The molecule has 3 aliphatic rings. The first kappa shape index (κ1) is 18.6. The maximum absolute atomic E-state index is 6.10. The molecule has 29 heavy (non-hydrogen) atoms. The number of hydrogen-bond donors (Lipinski definition) is 0. The maximum atomic E-state index is 6.10. The summed E-state index contributed by atoms with van der Waals surface area (Å²) in [6.07, 6.45) is 8.19. The van der Waals surface area contributed by atoms with E-state index >= 15 is 0 Å². The number of ether oxygens (including phenoxy) is 3. The van der Waals surface area contributed by atoms with Gasteiger partial charge in [-0.25, -0.2) is 9.67 Å². The molecule has 7 nitrogen and oxygen atoms in total. The van der Waals surface area contributed by atoms with Crippen LogP contribution in [0.5, 0.6) is 5.75 Å². The van der Waals surface area contributed by atoms with Crippen LogP contribution in [0.1, 0.15) is 45.1 Å². The third-order valence-corrected chi connectivity index (χ3v) is 5.11. The van der Waals surface area contributed by atoms with E-state index in [1.54, 1.807) is 10.9 Å². The Hall–Kier alpha value is -2.43. The quantitative estimate of drug-likeness (QED) is 0.726. The molecule has 0 spiro atoms. The van der Waals surface area contributed by atoms with Crippen molar-refractivity contribution in [2.75, 3.05) is 13.2 Å². The van der Waals surface area contributed by atoms with Gasteiger partial charge >= 0.3 is 0 Å². The molecule has 3 fully saturated rings. The van der Waals surface area contributed by atoms with Crippen LogP contribution in [0.4, 0.5) is 0 Å². The van der Waals surface area contributed by atoms with Crippen molar-refractivity contribution < 1.29 is 14.2 Å². The molecule has 0 bridgehead atoms. The lowest BCUT2D eigenvalue weighted by molar-refractivity contribution is -0.227. The van der Waals surface area contributed by atoms with Gasteiger partial charge in [-0.15, -0.1) is 5.10 Å². The zero-order chi connectivity index (χ0) is 19.8. The van der Waals surface area contributed by atoms with Gasteiger partial charge in [0.2, 0.25) is 0 Å². The summed E-state index contributed by atoms with van der Waals surface area (Å²) in [6.45, 7) is 6.09.